The second kappa shape index (κ2) is 4.73. The number of halogens is 1. The summed E-state index contributed by atoms with van der Waals surface area (Å²) >= 11 is 5.74. The normalized spacial score (nSPS) is 19.6. The Kier molecular flexibility index (Phi) is 3.31. The number of hydrogen-bond donors (Lipinski definition) is 1. The number of carbonyl (C=O) groups is 2. The third-order valence-electron chi connectivity index (χ3n) is 2.45. The van der Waals surface area contributed by atoms with Crippen LogP contribution in [0.3, 0.4) is 0 Å². The Balaban J connectivity index is 2.21. The molecular weight excluding hydrogens is 244 g/mol. The number of amides is 2. The van der Waals surface area contributed by atoms with E-state index in [1.54, 1.807) is 24.3 Å². The molecule has 2 rings (SSSR count). The highest BCUT2D eigenvalue weighted by molar-refractivity contribution is 6.30. The number of imide groups is 1. The fraction of sp³-hybridized carbons (Fsp3) is 0.273. The zero-order valence-electron chi connectivity index (χ0n) is 8.93. The van der Waals surface area contributed by atoms with E-state index in [1.165, 1.54) is 0 Å². The molecule has 2 amide bonds. The van der Waals surface area contributed by atoms with Crippen LogP contribution in [0.2, 0.25) is 5.02 Å². The first-order chi connectivity index (χ1) is 8.13. The summed E-state index contributed by atoms with van der Waals surface area (Å²) in [6.45, 7) is 0.385. The van der Waals surface area contributed by atoms with Gasteiger partial charge in [-0.05, 0) is 12.1 Å². The fourth-order valence-electron chi connectivity index (χ4n) is 1.63. The molecule has 0 saturated carbocycles. The van der Waals surface area contributed by atoms with Gasteiger partial charge in [0.1, 0.15) is 0 Å². The van der Waals surface area contributed by atoms with Gasteiger partial charge in [-0.1, -0.05) is 23.7 Å². The molecule has 0 spiro atoms. The summed E-state index contributed by atoms with van der Waals surface area (Å²) in [5.41, 5.74) is 5.92. The molecule has 0 aromatic heterocycles. The minimum absolute atomic E-state index is 0.168. The second-order valence-corrected chi connectivity index (χ2v) is 4.03. The zero-order valence-corrected chi connectivity index (χ0v) is 9.68. The maximum Gasteiger partial charge on any atom is 0.417 e. The molecule has 5 nitrogen and oxygen atoms in total. The Bertz CT molecular complexity index is 447. The number of cyclic esters (lactones) is 1. The van der Waals surface area contributed by atoms with Gasteiger partial charge in [-0.15, -0.1) is 0 Å². The molecule has 0 bridgehead atoms. The monoisotopic (exact) mass is 254 g/mol. The van der Waals surface area contributed by atoms with Gasteiger partial charge < -0.3 is 10.5 Å². The summed E-state index contributed by atoms with van der Waals surface area (Å²) in [5.74, 6) is -0.386. The molecule has 90 valence electrons. The highest BCUT2D eigenvalue weighted by atomic mass is 35.5. The van der Waals surface area contributed by atoms with Crippen molar-refractivity contribution in [3.8, 4) is 0 Å². The summed E-state index contributed by atoms with van der Waals surface area (Å²) in [7, 11) is 0. The van der Waals surface area contributed by atoms with Crippen molar-refractivity contribution >= 4 is 23.6 Å². The number of carbonyl (C=O) groups excluding carboxylic acids is 2. The van der Waals surface area contributed by atoms with Gasteiger partial charge in [0.15, 0.2) is 0 Å². The summed E-state index contributed by atoms with van der Waals surface area (Å²) in [4.78, 5) is 24.3. The smallest absolute Gasteiger partial charge is 0.417 e. The molecule has 1 atom stereocenters. The lowest BCUT2D eigenvalue weighted by molar-refractivity contribution is -0.129. The van der Waals surface area contributed by atoms with E-state index in [4.69, 9.17) is 22.1 Å². The maximum absolute atomic E-state index is 11.9. The second-order valence-electron chi connectivity index (χ2n) is 3.59. The van der Waals surface area contributed by atoms with Crippen LogP contribution >= 0.6 is 11.6 Å². The molecular formula is C11H11ClN2O3. The molecule has 1 fully saturated rings. The fourth-order valence-corrected chi connectivity index (χ4v) is 1.75. The van der Waals surface area contributed by atoms with Gasteiger partial charge >= 0.3 is 6.09 Å². The Morgan fingerprint density at radius 1 is 1.29 bits per heavy atom. The van der Waals surface area contributed by atoms with Crippen molar-refractivity contribution in [1.82, 2.24) is 4.90 Å². The number of hydrogen-bond acceptors (Lipinski definition) is 4. The van der Waals surface area contributed by atoms with Gasteiger partial charge in [0.2, 0.25) is 6.10 Å². The molecule has 0 aliphatic carbocycles. The average molecular weight is 255 g/mol. The summed E-state index contributed by atoms with van der Waals surface area (Å²) in [5, 5.41) is 0.560. The van der Waals surface area contributed by atoms with Crippen LogP contribution in [-0.2, 0) is 9.53 Å². The Morgan fingerprint density at radius 2 is 1.94 bits per heavy atom. The first-order valence-electron chi connectivity index (χ1n) is 5.11. The molecule has 1 aromatic carbocycles. The molecule has 1 unspecified atom stereocenters. The molecule has 0 radical (unpaired) electrons. The van der Waals surface area contributed by atoms with E-state index < -0.39 is 12.2 Å². The summed E-state index contributed by atoms with van der Waals surface area (Å²) < 4.78 is 5.00. The van der Waals surface area contributed by atoms with Crippen LogP contribution in [0.4, 0.5) is 4.79 Å². The van der Waals surface area contributed by atoms with Crippen molar-refractivity contribution < 1.29 is 14.3 Å². The molecule has 6 heteroatoms. The quantitative estimate of drug-likeness (QED) is 0.883. The van der Waals surface area contributed by atoms with Gasteiger partial charge in [0, 0.05) is 23.7 Å². The third-order valence-corrected chi connectivity index (χ3v) is 2.71. The van der Waals surface area contributed by atoms with Crippen LogP contribution in [0.25, 0.3) is 0 Å². The van der Waals surface area contributed by atoms with Gasteiger partial charge in [0.05, 0.1) is 0 Å². The highest BCUT2D eigenvalue weighted by Crippen LogP contribution is 2.27. The van der Waals surface area contributed by atoms with Crippen LogP contribution in [-0.4, -0.2) is 30.0 Å². The lowest BCUT2D eigenvalue weighted by Crippen LogP contribution is -2.34. The highest BCUT2D eigenvalue weighted by Gasteiger charge is 2.40. The first kappa shape index (κ1) is 11.9. The number of nitrogens with two attached hydrogens (primary N) is 1. The van der Waals surface area contributed by atoms with E-state index in [-0.39, 0.29) is 19.0 Å². The summed E-state index contributed by atoms with van der Waals surface area (Å²) in [6, 6.07) is 6.60. The van der Waals surface area contributed by atoms with Crippen molar-refractivity contribution in [1.29, 1.82) is 0 Å². The minimum atomic E-state index is -0.883. The van der Waals surface area contributed by atoms with Gasteiger partial charge in [-0.2, -0.15) is 0 Å². The molecule has 1 heterocycles. The number of rotatable bonds is 3. The molecule has 17 heavy (non-hydrogen) atoms. The number of ether oxygens (including phenoxy) is 1. The minimum Gasteiger partial charge on any atom is -0.431 e. The lowest BCUT2D eigenvalue weighted by atomic mass is 10.1. The summed E-state index contributed by atoms with van der Waals surface area (Å²) in [6.07, 6.45) is -1.54. The molecule has 1 aromatic rings. The Morgan fingerprint density at radius 3 is 2.53 bits per heavy atom. The molecule has 1 aliphatic rings. The molecule has 1 aliphatic heterocycles. The van der Waals surface area contributed by atoms with E-state index >= 15 is 0 Å². The Labute approximate surface area is 103 Å². The largest absolute Gasteiger partial charge is 0.431 e. The lowest BCUT2D eigenvalue weighted by Gasteiger charge is -2.09. The van der Waals surface area contributed by atoms with E-state index in [2.05, 4.69) is 0 Å². The van der Waals surface area contributed by atoms with Gasteiger partial charge in [0.25, 0.3) is 5.91 Å². The predicted octanol–water partition coefficient (Wildman–Crippen LogP) is 1.32. The SMILES string of the molecule is NCCN1C(=O)OC(c2ccc(Cl)cc2)C1=O. The van der Waals surface area contributed by atoms with Crippen molar-refractivity contribution in [2.24, 2.45) is 5.73 Å². The van der Waals surface area contributed by atoms with Crippen LogP contribution in [0.15, 0.2) is 24.3 Å². The van der Waals surface area contributed by atoms with E-state index in [9.17, 15) is 9.59 Å². The maximum atomic E-state index is 11.9. The molecule has 1 saturated heterocycles. The topological polar surface area (TPSA) is 72.6 Å². The van der Waals surface area contributed by atoms with Crippen molar-refractivity contribution in [2.75, 3.05) is 13.1 Å². The van der Waals surface area contributed by atoms with Crippen molar-refractivity contribution in [2.45, 2.75) is 6.10 Å². The van der Waals surface area contributed by atoms with Crippen LogP contribution in [0.5, 0.6) is 0 Å². The predicted molar refractivity (Wildman–Crippen MR) is 61.4 cm³/mol. The van der Waals surface area contributed by atoms with E-state index in [1.807, 2.05) is 0 Å². The van der Waals surface area contributed by atoms with Gasteiger partial charge in [-0.25, -0.2) is 9.69 Å². The standard InChI is InChI=1S/C11H11ClN2O3/c12-8-3-1-7(2-4-8)9-10(15)14(6-5-13)11(16)17-9/h1-4,9H,5-6,13H2. The Hall–Kier alpha value is -1.59. The number of nitrogens with zero attached hydrogens (tertiary/aromatic N) is 1. The van der Waals surface area contributed by atoms with Crippen molar-refractivity contribution in [3.05, 3.63) is 34.9 Å². The average Bonchev–Trinajstić information content (AvgIpc) is 2.59. The first-order valence-corrected chi connectivity index (χ1v) is 5.49. The third kappa shape index (κ3) is 2.25. The number of benzene rings is 1. The van der Waals surface area contributed by atoms with Crippen LogP contribution in [0.1, 0.15) is 11.7 Å². The van der Waals surface area contributed by atoms with E-state index in [0.29, 0.717) is 10.6 Å². The zero-order chi connectivity index (χ0) is 12.4. The van der Waals surface area contributed by atoms with Gasteiger partial charge in [-0.3, -0.25) is 4.79 Å². The van der Waals surface area contributed by atoms with Crippen LogP contribution < -0.4 is 5.73 Å². The van der Waals surface area contributed by atoms with Crippen molar-refractivity contribution in [3.63, 3.8) is 0 Å². The van der Waals surface area contributed by atoms with E-state index in [0.717, 1.165) is 4.90 Å². The molecule has 2 N–H and O–H groups in total. The van der Waals surface area contributed by atoms with Crippen LogP contribution in [0, 0.1) is 0 Å².